The van der Waals surface area contributed by atoms with Gasteiger partial charge in [0.2, 0.25) is 0 Å². The minimum atomic E-state index is 0.0794. The molecule has 0 unspecified atom stereocenters. The summed E-state index contributed by atoms with van der Waals surface area (Å²) in [5.41, 5.74) is 5.14. The van der Waals surface area contributed by atoms with Gasteiger partial charge in [-0.1, -0.05) is 12.1 Å². The van der Waals surface area contributed by atoms with E-state index < -0.39 is 0 Å². The van der Waals surface area contributed by atoms with Gasteiger partial charge in [-0.15, -0.1) is 0 Å². The zero-order valence-electron chi connectivity index (χ0n) is 18.9. The predicted molar refractivity (Wildman–Crippen MR) is 126 cm³/mol. The fourth-order valence-electron chi connectivity index (χ4n) is 3.91. The fourth-order valence-corrected chi connectivity index (χ4v) is 3.91. The van der Waals surface area contributed by atoms with Crippen LogP contribution < -0.4 is 0 Å². The molecule has 164 valence electrons. The first-order chi connectivity index (χ1) is 14.7. The molecule has 3 rings (SSSR count). The monoisotopic (exact) mass is 420 g/mol. The Hall–Kier alpha value is -2.89. The molecule has 0 heterocycles. The molecule has 2 aromatic rings. The van der Waals surface area contributed by atoms with E-state index in [0.717, 1.165) is 52.7 Å². The number of benzene rings is 2. The molecule has 1 aliphatic rings. The Kier molecular flexibility index (Phi) is 7.31. The van der Waals surface area contributed by atoms with E-state index in [1.54, 1.807) is 12.1 Å². The molecule has 31 heavy (non-hydrogen) atoms. The van der Waals surface area contributed by atoms with Crippen LogP contribution in [0.4, 0.5) is 0 Å². The summed E-state index contributed by atoms with van der Waals surface area (Å²) in [4.78, 5) is 17.1. The Labute approximate surface area is 184 Å². The van der Waals surface area contributed by atoms with Crippen molar-refractivity contribution < 1.29 is 15.0 Å². The maximum Gasteiger partial charge on any atom is 0.185 e. The van der Waals surface area contributed by atoms with Crippen molar-refractivity contribution in [2.45, 2.75) is 32.4 Å². The van der Waals surface area contributed by atoms with Gasteiger partial charge in [-0.2, -0.15) is 0 Å². The van der Waals surface area contributed by atoms with Gasteiger partial charge >= 0.3 is 0 Å². The molecule has 0 aliphatic heterocycles. The van der Waals surface area contributed by atoms with Gasteiger partial charge in [-0.3, -0.25) is 4.79 Å². The van der Waals surface area contributed by atoms with Crippen LogP contribution in [0.25, 0.3) is 12.2 Å². The first-order valence-corrected chi connectivity index (χ1v) is 10.6. The highest BCUT2D eigenvalue weighted by Gasteiger charge is 2.21. The summed E-state index contributed by atoms with van der Waals surface area (Å²) in [5, 5.41) is 20.2. The molecule has 1 fully saturated rings. The molecule has 0 radical (unpaired) electrons. The largest absolute Gasteiger partial charge is 0.508 e. The number of phenolic OH excluding ortho intramolecular Hbond substituents is 2. The molecule has 2 N–H and O–H groups in total. The number of allylic oxidation sites excluding steroid dienone is 2. The zero-order chi connectivity index (χ0) is 22.5. The van der Waals surface area contributed by atoms with Crippen molar-refractivity contribution in [1.82, 2.24) is 9.80 Å². The molecule has 0 amide bonds. The number of hydrogen-bond acceptors (Lipinski definition) is 5. The molecule has 0 spiro atoms. The lowest BCUT2D eigenvalue weighted by Gasteiger charge is -2.18. The number of ketones is 1. The van der Waals surface area contributed by atoms with Crippen molar-refractivity contribution in [3.05, 3.63) is 69.8 Å². The van der Waals surface area contributed by atoms with Gasteiger partial charge in [0.1, 0.15) is 11.5 Å². The maximum atomic E-state index is 13.1. The van der Waals surface area contributed by atoms with Crippen LogP contribution in [-0.2, 0) is 17.9 Å². The topological polar surface area (TPSA) is 64.0 Å². The highest BCUT2D eigenvalue weighted by Crippen LogP contribution is 2.30. The highest BCUT2D eigenvalue weighted by atomic mass is 16.3. The Morgan fingerprint density at radius 2 is 1.19 bits per heavy atom. The minimum absolute atomic E-state index is 0.0794. The lowest BCUT2D eigenvalue weighted by atomic mass is 9.86. The minimum Gasteiger partial charge on any atom is -0.508 e. The van der Waals surface area contributed by atoms with Crippen molar-refractivity contribution >= 4 is 17.9 Å². The van der Waals surface area contributed by atoms with Gasteiger partial charge < -0.3 is 20.0 Å². The second-order valence-corrected chi connectivity index (χ2v) is 8.77. The molecule has 0 saturated heterocycles. The van der Waals surface area contributed by atoms with Crippen LogP contribution in [-0.4, -0.2) is 54.0 Å². The molecular weight excluding hydrogens is 388 g/mol. The van der Waals surface area contributed by atoms with Gasteiger partial charge in [-0.05, 0) is 95.0 Å². The Balaban J connectivity index is 1.86. The first-order valence-electron chi connectivity index (χ1n) is 10.6. The number of rotatable bonds is 6. The summed E-state index contributed by atoms with van der Waals surface area (Å²) >= 11 is 0. The first kappa shape index (κ1) is 22.8. The summed E-state index contributed by atoms with van der Waals surface area (Å²) < 4.78 is 0. The Morgan fingerprint density at radius 3 is 1.58 bits per heavy atom. The third-order valence-electron chi connectivity index (χ3n) is 5.34. The summed E-state index contributed by atoms with van der Waals surface area (Å²) in [7, 11) is 7.83. The molecule has 2 aromatic carbocycles. The van der Waals surface area contributed by atoms with E-state index in [1.165, 1.54) is 0 Å². The zero-order valence-corrected chi connectivity index (χ0v) is 18.9. The van der Waals surface area contributed by atoms with Gasteiger partial charge in [0.05, 0.1) is 0 Å². The normalized spacial score (nSPS) is 17.3. The number of carbonyl (C=O) groups is 1. The second-order valence-electron chi connectivity index (χ2n) is 8.77. The van der Waals surface area contributed by atoms with Gasteiger partial charge in [0.25, 0.3) is 0 Å². The average molecular weight is 421 g/mol. The van der Waals surface area contributed by atoms with Crippen LogP contribution in [0.1, 0.15) is 41.5 Å². The van der Waals surface area contributed by atoms with Gasteiger partial charge in [0, 0.05) is 35.4 Å². The molecule has 1 saturated carbocycles. The van der Waals surface area contributed by atoms with Gasteiger partial charge in [0.15, 0.2) is 5.78 Å². The quantitative estimate of drug-likeness (QED) is 0.677. The van der Waals surface area contributed by atoms with E-state index in [4.69, 9.17) is 0 Å². The highest BCUT2D eigenvalue weighted by molar-refractivity contribution is 6.14. The van der Waals surface area contributed by atoms with E-state index in [2.05, 4.69) is 0 Å². The molecule has 5 nitrogen and oxygen atoms in total. The van der Waals surface area contributed by atoms with Crippen molar-refractivity contribution in [3.8, 4) is 11.5 Å². The van der Waals surface area contributed by atoms with Gasteiger partial charge in [-0.25, -0.2) is 0 Å². The van der Waals surface area contributed by atoms with Crippen LogP contribution >= 0.6 is 0 Å². The number of carbonyl (C=O) groups excluding carboxylic acids is 1. The summed E-state index contributed by atoms with van der Waals surface area (Å²) in [6.45, 7) is 1.27. The predicted octanol–water partition coefficient (Wildman–Crippen LogP) is 4.44. The fraction of sp³-hybridized carbons (Fsp3) is 0.346. The van der Waals surface area contributed by atoms with Crippen molar-refractivity contribution in [2.24, 2.45) is 0 Å². The third-order valence-corrected chi connectivity index (χ3v) is 5.34. The standard InChI is InChI=1S/C26H32N2O3/c1-27(2)16-22-14-18(8-10-24(22)29)12-20-6-5-7-21(26(20)31)13-19-9-11-25(30)23(15-19)17-28(3)4/h8-15,29-30H,5-7,16-17H2,1-4H3/b20-12-,21-13+. The molecule has 0 aromatic heterocycles. The smallest absolute Gasteiger partial charge is 0.185 e. The molecule has 0 atom stereocenters. The molecular formula is C26H32N2O3. The second kappa shape index (κ2) is 9.94. The molecule has 1 aliphatic carbocycles. The lowest BCUT2D eigenvalue weighted by Crippen LogP contribution is -2.13. The Morgan fingerprint density at radius 1 is 0.774 bits per heavy atom. The average Bonchev–Trinajstić information content (AvgIpc) is 2.69. The number of phenols is 2. The lowest BCUT2D eigenvalue weighted by molar-refractivity contribution is -0.112. The number of Topliss-reactive ketones (excluding diaryl/α,β-unsaturated/α-hetero) is 1. The number of hydrogen-bond donors (Lipinski definition) is 2. The van der Waals surface area contributed by atoms with Crippen molar-refractivity contribution in [1.29, 1.82) is 0 Å². The summed E-state index contributed by atoms with van der Waals surface area (Å²) in [5.74, 6) is 0.621. The number of nitrogens with zero attached hydrogens (tertiary/aromatic N) is 2. The van der Waals surface area contributed by atoms with Crippen LogP contribution in [0.5, 0.6) is 11.5 Å². The maximum absolute atomic E-state index is 13.1. The Bertz CT molecular complexity index is 940. The molecule has 5 heteroatoms. The third kappa shape index (κ3) is 6.06. The summed E-state index contributed by atoms with van der Waals surface area (Å²) in [6.07, 6.45) is 6.32. The van der Waals surface area contributed by atoms with E-state index in [0.29, 0.717) is 13.1 Å². The van der Waals surface area contributed by atoms with Crippen LogP contribution in [0.2, 0.25) is 0 Å². The van der Waals surface area contributed by atoms with Crippen molar-refractivity contribution in [3.63, 3.8) is 0 Å². The SMILES string of the molecule is CN(C)Cc1cc(/C=C2/CCC/C(=C\c3ccc(O)c(CN(C)C)c3)C2=O)ccc1O. The van der Waals surface area contributed by atoms with E-state index in [9.17, 15) is 15.0 Å². The van der Waals surface area contributed by atoms with Crippen LogP contribution in [0.3, 0.4) is 0 Å². The van der Waals surface area contributed by atoms with Crippen molar-refractivity contribution in [2.75, 3.05) is 28.2 Å². The summed E-state index contributed by atoms with van der Waals surface area (Å²) in [6, 6.07) is 11.0. The van der Waals surface area contributed by atoms with E-state index >= 15 is 0 Å². The van der Waals surface area contributed by atoms with E-state index in [1.807, 2.05) is 74.4 Å². The van der Waals surface area contributed by atoms with Crippen LogP contribution in [0, 0.1) is 0 Å². The van der Waals surface area contributed by atoms with Crippen LogP contribution in [0.15, 0.2) is 47.5 Å². The number of aromatic hydroxyl groups is 2. The van der Waals surface area contributed by atoms with E-state index in [-0.39, 0.29) is 17.3 Å². The molecule has 0 bridgehead atoms.